The molecular weight excluding hydrogens is 622 g/mol. The van der Waals surface area contributed by atoms with Crippen molar-refractivity contribution >= 4 is 34.3 Å². The van der Waals surface area contributed by atoms with Crippen LogP contribution >= 0.6 is 0 Å². The summed E-state index contributed by atoms with van der Waals surface area (Å²) in [5, 5.41) is 16.5. The number of para-hydroxylation sites is 3. The predicted molar refractivity (Wildman–Crippen MR) is 185 cm³/mol. The first kappa shape index (κ1) is 32.6. The van der Waals surface area contributed by atoms with Gasteiger partial charge in [-0.3, -0.25) is 33.5 Å². The fourth-order valence-electron chi connectivity index (χ4n) is 7.81. The molecule has 254 valence electrons. The molecule has 3 aliphatic rings. The van der Waals surface area contributed by atoms with E-state index in [9.17, 15) is 24.3 Å². The van der Waals surface area contributed by atoms with Gasteiger partial charge in [0.25, 0.3) is 17.4 Å². The largest absolute Gasteiger partial charge is 0.353 e. The summed E-state index contributed by atoms with van der Waals surface area (Å²) in [5.41, 5.74) is 14.1. The average molecular weight is 664 g/mol. The zero-order valence-corrected chi connectivity index (χ0v) is 27.6. The summed E-state index contributed by atoms with van der Waals surface area (Å²) in [6, 6.07) is 18.2. The van der Waals surface area contributed by atoms with Crippen LogP contribution in [0.5, 0.6) is 0 Å². The van der Waals surface area contributed by atoms with Gasteiger partial charge in [0.05, 0.1) is 45.8 Å². The third-order valence-corrected chi connectivity index (χ3v) is 10.0. The van der Waals surface area contributed by atoms with E-state index in [0.29, 0.717) is 65.6 Å². The molecule has 5 atom stereocenters. The third-order valence-electron chi connectivity index (χ3n) is 10.0. The number of nitrogens with two attached hydrogens (primary N) is 2. The maximum atomic E-state index is 14.4. The fraction of sp³-hybridized carbons (Fsp3) is 0.378. The zero-order chi connectivity index (χ0) is 34.6. The Morgan fingerprint density at radius 2 is 1.67 bits per heavy atom. The molecule has 49 heavy (non-hydrogen) atoms. The van der Waals surface area contributed by atoms with Crippen LogP contribution < -0.4 is 27.2 Å². The maximum absolute atomic E-state index is 14.4. The van der Waals surface area contributed by atoms with Crippen molar-refractivity contribution in [3.63, 3.8) is 0 Å². The molecule has 0 bridgehead atoms. The van der Waals surface area contributed by atoms with Gasteiger partial charge in [0.15, 0.2) is 0 Å². The number of aliphatic hydroxyl groups is 1. The number of fused-ring (bicyclic) bond motifs is 7. The molecule has 3 amide bonds. The minimum absolute atomic E-state index is 0.00237. The van der Waals surface area contributed by atoms with Crippen LogP contribution in [0.15, 0.2) is 77.6 Å². The van der Waals surface area contributed by atoms with Crippen LogP contribution in [0.4, 0.5) is 5.69 Å². The second kappa shape index (κ2) is 12.5. The average Bonchev–Trinajstić information content (AvgIpc) is 3.41. The number of nitrogens with one attached hydrogen (secondary N) is 1. The number of carbonyl (C=O) groups is 3. The van der Waals surface area contributed by atoms with E-state index in [1.165, 1.54) is 14.4 Å². The molecule has 0 spiro atoms. The van der Waals surface area contributed by atoms with Crippen molar-refractivity contribution in [2.45, 2.75) is 75.8 Å². The molecule has 3 aliphatic heterocycles. The van der Waals surface area contributed by atoms with Gasteiger partial charge in [0.2, 0.25) is 11.8 Å². The molecule has 12 heteroatoms. The van der Waals surface area contributed by atoms with Gasteiger partial charge in [-0.05, 0) is 74.0 Å². The lowest BCUT2D eigenvalue weighted by atomic mass is 9.87. The van der Waals surface area contributed by atoms with Crippen molar-refractivity contribution in [2.75, 3.05) is 11.4 Å². The van der Waals surface area contributed by atoms with Gasteiger partial charge >= 0.3 is 0 Å². The topological polar surface area (TPSA) is 177 Å². The van der Waals surface area contributed by atoms with Crippen molar-refractivity contribution in [1.82, 2.24) is 19.8 Å². The van der Waals surface area contributed by atoms with Crippen molar-refractivity contribution in [3.05, 3.63) is 100 Å². The van der Waals surface area contributed by atoms with Crippen LogP contribution in [0.25, 0.3) is 16.6 Å². The minimum atomic E-state index is -2.14. The van der Waals surface area contributed by atoms with Gasteiger partial charge in [-0.15, -0.1) is 0 Å². The predicted octanol–water partition coefficient (Wildman–Crippen LogP) is 3.05. The molecule has 0 saturated carbocycles. The summed E-state index contributed by atoms with van der Waals surface area (Å²) in [7, 11) is 0. The Bertz CT molecular complexity index is 2030. The van der Waals surface area contributed by atoms with Gasteiger partial charge in [-0.2, -0.15) is 0 Å². The van der Waals surface area contributed by atoms with Crippen molar-refractivity contribution in [3.8, 4) is 5.69 Å². The molecule has 4 aromatic rings. The Kier molecular flexibility index (Phi) is 8.34. The van der Waals surface area contributed by atoms with E-state index in [1.807, 2.05) is 26.0 Å². The Morgan fingerprint density at radius 3 is 2.43 bits per heavy atom. The molecule has 0 aliphatic carbocycles. The van der Waals surface area contributed by atoms with Crippen LogP contribution in [0.3, 0.4) is 0 Å². The quantitative estimate of drug-likeness (QED) is 0.198. The number of rotatable bonds is 9. The highest BCUT2D eigenvalue weighted by Crippen LogP contribution is 2.56. The van der Waals surface area contributed by atoms with Crippen molar-refractivity contribution in [2.24, 2.45) is 17.4 Å². The Balaban J connectivity index is 1.39. The number of aromatic nitrogens is 2. The molecule has 4 unspecified atom stereocenters. The summed E-state index contributed by atoms with van der Waals surface area (Å²) in [6.07, 6.45) is 1.96. The van der Waals surface area contributed by atoms with Gasteiger partial charge < -0.3 is 21.9 Å². The van der Waals surface area contributed by atoms with E-state index < -0.39 is 47.6 Å². The van der Waals surface area contributed by atoms with Crippen LogP contribution in [-0.2, 0) is 9.59 Å². The van der Waals surface area contributed by atoms with Gasteiger partial charge in [-0.1, -0.05) is 62.7 Å². The minimum Gasteiger partial charge on any atom is -0.353 e. The Hall–Kier alpha value is -4.91. The molecule has 3 aromatic carbocycles. The molecule has 7 rings (SSSR count). The number of carbonyl (C=O) groups excluding carboxylic acids is 3. The second-order valence-corrected chi connectivity index (χ2v) is 13.6. The number of nitrogens with zero attached hydrogens (tertiary/aromatic N) is 4. The van der Waals surface area contributed by atoms with Crippen molar-refractivity contribution in [1.29, 1.82) is 0 Å². The summed E-state index contributed by atoms with van der Waals surface area (Å²) < 4.78 is 1.46. The van der Waals surface area contributed by atoms with Crippen LogP contribution in [0.1, 0.15) is 79.7 Å². The number of hydrogen-bond donors (Lipinski definition) is 4. The number of anilines is 1. The molecule has 1 aromatic heterocycles. The van der Waals surface area contributed by atoms with E-state index in [1.54, 1.807) is 60.7 Å². The molecule has 6 N–H and O–H groups in total. The van der Waals surface area contributed by atoms with E-state index >= 15 is 0 Å². The summed E-state index contributed by atoms with van der Waals surface area (Å²) in [6.45, 7) is 4.37. The Morgan fingerprint density at radius 1 is 0.980 bits per heavy atom. The monoisotopic (exact) mass is 663 g/mol. The lowest BCUT2D eigenvalue weighted by Gasteiger charge is -2.41. The SMILES string of the molecule is CC(C)CC1C(=O)N2c3ccccc3[C@H](CC3NC(=O)c4ccccc4-n4c3nc3ccccc3c4=O)C2(O)N1C(=O)C(N)CCCCN. The van der Waals surface area contributed by atoms with Gasteiger partial charge in [0, 0.05) is 0 Å². The molecule has 12 nitrogen and oxygen atoms in total. The molecule has 0 radical (unpaired) electrons. The van der Waals surface area contributed by atoms with Crippen molar-refractivity contribution < 1.29 is 19.5 Å². The molecule has 1 fully saturated rings. The number of benzene rings is 3. The lowest BCUT2D eigenvalue weighted by molar-refractivity contribution is -0.163. The van der Waals surface area contributed by atoms with Crippen LogP contribution in [0.2, 0.25) is 0 Å². The zero-order valence-electron chi connectivity index (χ0n) is 27.6. The highest BCUT2D eigenvalue weighted by atomic mass is 16.4. The highest BCUT2D eigenvalue weighted by Gasteiger charge is 2.67. The first-order valence-corrected chi connectivity index (χ1v) is 16.9. The Labute approximate surface area is 283 Å². The maximum Gasteiger partial charge on any atom is 0.266 e. The molecular formula is C37H41N7O5. The molecule has 4 heterocycles. The van der Waals surface area contributed by atoms with Gasteiger partial charge in [-0.25, -0.2) is 4.98 Å². The number of amides is 3. The highest BCUT2D eigenvalue weighted by molar-refractivity contribution is 6.07. The summed E-state index contributed by atoms with van der Waals surface area (Å²) >= 11 is 0. The lowest BCUT2D eigenvalue weighted by Crippen LogP contribution is -2.61. The van der Waals surface area contributed by atoms with Gasteiger partial charge in [0.1, 0.15) is 11.9 Å². The smallest absolute Gasteiger partial charge is 0.266 e. The number of unbranched alkanes of at least 4 members (excludes halogenated alkanes) is 1. The normalized spacial score (nSPS) is 23.2. The third kappa shape index (κ3) is 5.13. The summed E-state index contributed by atoms with van der Waals surface area (Å²) in [4.78, 5) is 64.3. The van der Waals surface area contributed by atoms with Crippen LogP contribution in [0, 0.1) is 5.92 Å². The first-order chi connectivity index (χ1) is 23.6. The fourth-order valence-corrected chi connectivity index (χ4v) is 7.81. The summed E-state index contributed by atoms with van der Waals surface area (Å²) in [5.74, 6) is -4.10. The standard InChI is InChI=1S/C37H41N7O5/c1-21(2)19-31-36(48)43-30-17-8-4-11-22(30)25(37(43,49)44(31)35(47)26(39)14-9-10-18-38)20-28-32-40-27-15-6-3-12-23(27)34(46)42(32)29-16-7-5-13-24(29)33(45)41-28/h3-8,11-13,15-17,21,25-26,28,31,49H,9-10,14,18-20,38-39H2,1-2H3,(H,41,45)/t25-,26?,28?,31?,37?/m0/s1. The second-order valence-electron chi connectivity index (χ2n) is 13.6. The first-order valence-electron chi connectivity index (χ1n) is 16.9. The van der Waals surface area contributed by atoms with Crippen LogP contribution in [-0.4, -0.2) is 61.8 Å². The number of hydrogen-bond acceptors (Lipinski definition) is 8. The van der Waals surface area contributed by atoms with E-state index in [0.717, 1.165) is 0 Å². The van der Waals surface area contributed by atoms with E-state index in [-0.39, 0.29) is 23.7 Å². The van der Waals surface area contributed by atoms with E-state index in [2.05, 4.69) is 5.32 Å². The molecule has 1 saturated heterocycles. The van der Waals surface area contributed by atoms with E-state index in [4.69, 9.17) is 16.5 Å².